The fraction of sp³-hybridized carbons (Fsp3) is 0.267. The zero-order chi connectivity index (χ0) is 15.6. The van der Waals surface area contributed by atoms with Gasteiger partial charge in [0, 0.05) is 16.3 Å². The molecule has 1 N–H and O–H groups in total. The molecule has 0 fully saturated rings. The molecule has 0 spiro atoms. The summed E-state index contributed by atoms with van der Waals surface area (Å²) in [4.78, 5) is 12.8. The first-order valence-electron chi connectivity index (χ1n) is 6.20. The quantitative estimate of drug-likeness (QED) is 0.849. The number of carbonyl (C=O) groups is 1. The summed E-state index contributed by atoms with van der Waals surface area (Å²) in [5.41, 5.74) is 2.45. The van der Waals surface area contributed by atoms with Gasteiger partial charge in [0.05, 0.1) is 36.3 Å². The lowest BCUT2D eigenvalue weighted by atomic mass is 9.86. The summed E-state index contributed by atoms with van der Waals surface area (Å²) in [6.07, 6.45) is 0. The molecule has 0 aliphatic carbocycles. The maximum Gasteiger partial charge on any atom is 0.348 e. The third-order valence-electron chi connectivity index (χ3n) is 3.30. The van der Waals surface area contributed by atoms with Gasteiger partial charge in [-0.3, -0.25) is 0 Å². The third kappa shape index (κ3) is 2.54. The molecule has 2 heterocycles. The van der Waals surface area contributed by atoms with Crippen molar-refractivity contribution in [1.82, 2.24) is 5.32 Å². The molecule has 0 saturated heterocycles. The minimum Gasteiger partial charge on any atom is -0.465 e. The Morgan fingerprint density at radius 2 is 1.81 bits per heavy atom. The van der Waals surface area contributed by atoms with E-state index in [0.29, 0.717) is 16.0 Å². The first-order chi connectivity index (χ1) is 10.0. The smallest absolute Gasteiger partial charge is 0.348 e. The summed E-state index contributed by atoms with van der Waals surface area (Å²) in [6.45, 7) is 3.61. The molecular weight excluding hydrogens is 286 g/mol. The van der Waals surface area contributed by atoms with Gasteiger partial charge in [-0.05, 0) is 26.0 Å². The van der Waals surface area contributed by atoms with Gasteiger partial charge in [-0.1, -0.05) is 0 Å². The summed E-state index contributed by atoms with van der Waals surface area (Å²) in [6, 6.07) is 7.75. The van der Waals surface area contributed by atoms with Gasteiger partial charge in [-0.25, -0.2) is 4.79 Å². The van der Waals surface area contributed by atoms with Gasteiger partial charge in [0.25, 0.3) is 0 Å². The average molecular weight is 299 g/mol. The number of hydrogen-bond donors (Lipinski definition) is 1. The molecule has 0 radical (unpaired) electrons. The van der Waals surface area contributed by atoms with Gasteiger partial charge in [-0.15, -0.1) is 11.3 Å². The number of esters is 1. The summed E-state index contributed by atoms with van der Waals surface area (Å²) in [5, 5.41) is 21.8. The minimum atomic E-state index is -0.426. The minimum absolute atomic E-state index is 0.418. The lowest BCUT2D eigenvalue weighted by molar-refractivity contribution is 0.0606. The zero-order valence-electron chi connectivity index (χ0n) is 11.9. The Hall–Kier alpha value is -2.57. The van der Waals surface area contributed by atoms with E-state index in [9.17, 15) is 15.3 Å². The number of thiophene rings is 1. The van der Waals surface area contributed by atoms with E-state index in [1.807, 2.05) is 0 Å². The molecule has 6 heteroatoms. The normalized spacial score (nSPS) is 15.3. The van der Waals surface area contributed by atoms with E-state index in [-0.39, 0.29) is 0 Å². The van der Waals surface area contributed by atoms with E-state index in [1.54, 1.807) is 26.0 Å². The number of allylic oxidation sites excluding steroid dienone is 4. The van der Waals surface area contributed by atoms with Crippen molar-refractivity contribution in [3.63, 3.8) is 0 Å². The molecule has 0 saturated carbocycles. The van der Waals surface area contributed by atoms with Crippen LogP contribution in [0.1, 0.15) is 34.3 Å². The van der Waals surface area contributed by atoms with Crippen molar-refractivity contribution >= 4 is 17.3 Å². The van der Waals surface area contributed by atoms with Crippen molar-refractivity contribution in [2.75, 3.05) is 7.11 Å². The molecule has 1 aromatic rings. The Labute approximate surface area is 126 Å². The molecule has 0 aromatic carbocycles. The van der Waals surface area contributed by atoms with E-state index in [0.717, 1.165) is 16.3 Å². The molecule has 0 unspecified atom stereocenters. The highest BCUT2D eigenvalue weighted by Gasteiger charge is 2.30. The summed E-state index contributed by atoms with van der Waals surface area (Å²) < 4.78 is 4.69. The number of ether oxygens (including phenoxy) is 1. The largest absolute Gasteiger partial charge is 0.465 e. The number of carbonyl (C=O) groups excluding carboxylic acids is 1. The summed E-state index contributed by atoms with van der Waals surface area (Å²) in [7, 11) is 1.32. The van der Waals surface area contributed by atoms with Gasteiger partial charge in [0.2, 0.25) is 0 Å². The lowest BCUT2D eigenvalue weighted by Crippen LogP contribution is -2.22. The molecule has 21 heavy (non-hydrogen) atoms. The Morgan fingerprint density at radius 3 is 2.29 bits per heavy atom. The molecule has 1 aliphatic heterocycles. The van der Waals surface area contributed by atoms with Crippen molar-refractivity contribution in [2.24, 2.45) is 0 Å². The Kier molecular flexibility index (Phi) is 4.11. The van der Waals surface area contributed by atoms with Crippen molar-refractivity contribution < 1.29 is 9.53 Å². The fourth-order valence-corrected chi connectivity index (χ4v) is 3.34. The van der Waals surface area contributed by atoms with Crippen LogP contribution in [0.4, 0.5) is 0 Å². The maximum absolute atomic E-state index is 11.6. The van der Waals surface area contributed by atoms with Crippen LogP contribution < -0.4 is 5.32 Å². The van der Waals surface area contributed by atoms with Crippen LogP contribution in [0.2, 0.25) is 0 Å². The van der Waals surface area contributed by atoms with Crippen molar-refractivity contribution in [1.29, 1.82) is 10.5 Å². The first-order valence-corrected chi connectivity index (χ1v) is 7.02. The molecule has 0 amide bonds. The molecule has 2 rings (SSSR count). The second-order valence-corrected chi connectivity index (χ2v) is 5.67. The van der Waals surface area contributed by atoms with E-state index in [1.165, 1.54) is 18.4 Å². The van der Waals surface area contributed by atoms with Crippen LogP contribution in [-0.2, 0) is 4.74 Å². The van der Waals surface area contributed by atoms with Gasteiger partial charge in [0.15, 0.2) is 0 Å². The highest BCUT2D eigenvalue weighted by atomic mass is 32.1. The van der Waals surface area contributed by atoms with Gasteiger partial charge >= 0.3 is 5.97 Å². The summed E-state index contributed by atoms with van der Waals surface area (Å²) in [5.74, 6) is -0.844. The number of dihydropyridines is 1. The number of rotatable bonds is 2. The summed E-state index contributed by atoms with van der Waals surface area (Å²) >= 11 is 1.24. The highest BCUT2D eigenvalue weighted by molar-refractivity contribution is 7.14. The topological polar surface area (TPSA) is 85.9 Å². The molecule has 1 aliphatic rings. The molecule has 5 nitrogen and oxygen atoms in total. The van der Waals surface area contributed by atoms with Crippen LogP contribution in [-0.4, -0.2) is 13.1 Å². The van der Waals surface area contributed by atoms with Gasteiger partial charge < -0.3 is 10.1 Å². The SMILES string of the molecule is COC(=O)c1ccc(C2C(C#N)=C(C)NC(C)=C2C#N)s1. The molecule has 1 aromatic heterocycles. The number of nitrogens with zero attached hydrogens (tertiary/aromatic N) is 2. The van der Waals surface area contributed by atoms with Crippen molar-refractivity contribution in [3.05, 3.63) is 44.4 Å². The van der Waals surface area contributed by atoms with Crippen LogP contribution in [0.3, 0.4) is 0 Å². The number of methoxy groups -OCH3 is 1. The number of nitriles is 2. The van der Waals surface area contributed by atoms with E-state index < -0.39 is 11.9 Å². The predicted octanol–water partition coefficient (Wildman–Crippen LogP) is 2.82. The zero-order valence-corrected chi connectivity index (χ0v) is 12.7. The number of nitrogens with one attached hydrogen (secondary N) is 1. The van der Waals surface area contributed by atoms with E-state index in [2.05, 4.69) is 17.5 Å². The van der Waals surface area contributed by atoms with E-state index >= 15 is 0 Å². The molecular formula is C15H13N3O2S. The first kappa shape index (κ1) is 14.8. The second-order valence-electron chi connectivity index (χ2n) is 4.55. The van der Waals surface area contributed by atoms with Crippen LogP contribution in [0.15, 0.2) is 34.7 Å². The lowest BCUT2D eigenvalue weighted by Gasteiger charge is -2.24. The van der Waals surface area contributed by atoms with Crippen LogP contribution in [0, 0.1) is 22.7 Å². The van der Waals surface area contributed by atoms with Gasteiger partial charge in [-0.2, -0.15) is 10.5 Å². The van der Waals surface area contributed by atoms with Crippen molar-refractivity contribution in [3.8, 4) is 12.1 Å². The van der Waals surface area contributed by atoms with Gasteiger partial charge in [0.1, 0.15) is 4.88 Å². The Morgan fingerprint density at radius 1 is 1.24 bits per heavy atom. The molecule has 0 bridgehead atoms. The third-order valence-corrected chi connectivity index (χ3v) is 4.43. The predicted molar refractivity (Wildman–Crippen MR) is 78.2 cm³/mol. The number of hydrogen-bond acceptors (Lipinski definition) is 6. The van der Waals surface area contributed by atoms with Crippen LogP contribution in [0.25, 0.3) is 0 Å². The highest BCUT2D eigenvalue weighted by Crippen LogP contribution is 2.40. The Balaban J connectivity index is 2.55. The Bertz CT molecular complexity index is 708. The second kappa shape index (κ2) is 5.82. The average Bonchev–Trinajstić information content (AvgIpc) is 2.95. The molecule has 106 valence electrons. The van der Waals surface area contributed by atoms with E-state index in [4.69, 9.17) is 4.74 Å². The van der Waals surface area contributed by atoms with Crippen LogP contribution >= 0.6 is 11.3 Å². The maximum atomic E-state index is 11.6. The van der Waals surface area contributed by atoms with Crippen LogP contribution in [0.5, 0.6) is 0 Å². The van der Waals surface area contributed by atoms with Crippen molar-refractivity contribution in [2.45, 2.75) is 19.8 Å². The standard InChI is InChI=1S/C15H13N3O2S/c1-8-10(6-16)14(11(7-17)9(2)18-8)12-4-5-13(21-12)15(19)20-3/h4-5,14,18H,1-3H3. The fourth-order valence-electron chi connectivity index (χ4n) is 2.29. The monoisotopic (exact) mass is 299 g/mol. The molecule has 0 atom stereocenters.